The van der Waals surface area contributed by atoms with Crippen LogP contribution in [0.4, 0.5) is 0 Å². The Bertz CT molecular complexity index is 2670. The fourth-order valence-electron chi connectivity index (χ4n) is 6.89. The van der Waals surface area contributed by atoms with Gasteiger partial charge in [-0.1, -0.05) is 104 Å². The lowest BCUT2D eigenvalue weighted by Gasteiger charge is -2.12. The van der Waals surface area contributed by atoms with Gasteiger partial charge in [0.2, 0.25) is 0 Å². The first-order valence-corrected chi connectivity index (χ1v) is 15.4. The Hall–Kier alpha value is -6.26. The van der Waals surface area contributed by atoms with Crippen LogP contribution in [0.5, 0.6) is 0 Å². The van der Waals surface area contributed by atoms with Crippen molar-refractivity contribution in [3.63, 3.8) is 0 Å². The van der Waals surface area contributed by atoms with Crippen molar-refractivity contribution in [2.45, 2.75) is 0 Å². The summed E-state index contributed by atoms with van der Waals surface area (Å²) in [4.78, 5) is 10.2. The van der Waals surface area contributed by atoms with Gasteiger partial charge in [0, 0.05) is 22.2 Å². The Labute approximate surface area is 265 Å². The molecule has 3 aromatic heterocycles. The monoisotopic (exact) mass is 588 g/mol. The standard InChI is InChI=1S/C42H28N4/c1-3-33-34-14-8-9-15-35(34)42-44-37-26-30(22-23-40(37)46(42)38(33)4-2)28-18-19-29-25-31(21-20-27(29)24-28)41-43-36-16-10-11-17-39(36)45(41)32-12-6-5-7-13-32/h3-26H,1-2H2. The number of pyridine rings is 1. The average molecular weight is 589 g/mol. The van der Waals surface area contributed by atoms with Crippen LogP contribution in [0.1, 0.15) is 11.3 Å². The second-order valence-corrected chi connectivity index (χ2v) is 11.6. The van der Waals surface area contributed by atoms with Crippen molar-refractivity contribution >= 4 is 61.4 Å². The van der Waals surface area contributed by atoms with Crippen molar-refractivity contribution in [3.8, 4) is 28.2 Å². The van der Waals surface area contributed by atoms with E-state index < -0.39 is 0 Å². The SMILES string of the molecule is C=Cc1c(C=C)n2c3ccc(-c4ccc5cc(-c6nc7ccccc7n6-c6ccccc6)ccc5c4)cc3nc2c2ccccc12. The number of para-hydroxylation sites is 3. The summed E-state index contributed by atoms with van der Waals surface area (Å²) in [6.07, 6.45) is 3.81. The van der Waals surface area contributed by atoms with Crippen LogP contribution in [0.25, 0.3) is 89.6 Å². The molecule has 0 aliphatic rings. The minimum atomic E-state index is 0.927. The molecule has 0 saturated carbocycles. The number of benzene rings is 6. The van der Waals surface area contributed by atoms with Crippen LogP contribution in [0.3, 0.4) is 0 Å². The normalized spacial score (nSPS) is 11.7. The van der Waals surface area contributed by atoms with E-state index in [0.29, 0.717) is 0 Å². The van der Waals surface area contributed by atoms with Gasteiger partial charge in [-0.05, 0) is 81.9 Å². The van der Waals surface area contributed by atoms with Gasteiger partial charge < -0.3 is 0 Å². The Morgan fingerprint density at radius 1 is 0.522 bits per heavy atom. The van der Waals surface area contributed by atoms with Gasteiger partial charge in [-0.25, -0.2) is 9.97 Å². The van der Waals surface area contributed by atoms with E-state index in [1.54, 1.807) is 0 Å². The maximum Gasteiger partial charge on any atom is 0.146 e. The summed E-state index contributed by atoms with van der Waals surface area (Å²) in [6, 6.07) is 46.9. The van der Waals surface area contributed by atoms with Crippen LogP contribution >= 0.6 is 0 Å². The predicted molar refractivity (Wildman–Crippen MR) is 193 cm³/mol. The van der Waals surface area contributed by atoms with E-state index in [1.807, 2.05) is 24.3 Å². The third kappa shape index (κ3) is 3.87. The van der Waals surface area contributed by atoms with Crippen LogP contribution in [0.15, 0.2) is 147 Å². The van der Waals surface area contributed by atoms with Gasteiger partial charge in [0.25, 0.3) is 0 Å². The Morgan fingerprint density at radius 2 is 1.20 bits per heavy atom. The van der Waals surface area contributed by atoms with Crippen LogP contribution in [0.2, 0.25) is 0 Å². The Morgan fingerprint density at radius 3 is 2.00 bits per heavy atom. The highest BCUT2D eigenvalue weighted by molar-refractivity contribution is 6.05. The second-order valence-electron chi connectivity index (χ2n) is 11.6. The van der Waals surface area contributed by atoms with Crippen molar-refractivity contribution in [1.82, 2.24) is 18.9 Å². The smallest absolute Gasteiger partial charge is 0.146 e. The summed E-state index contributed by atoms with van der Waals surface area (Å²) < 4.78 is 4.45. The molecule has 0 fully saturated rings. The Balaban J connectivity index is 1.16. The van der Waals surface area contributed by atoms with Gasteiger partial charge in [-0.2, -0.15) is 0 Å². The van der Waals surface area contributed by atoms with E-state index in [-0.39, 0.29) is 0 Å². The third-order valence-corrected chi connectivity index (χ3v) is 9.03. The van der Waals surface area contributed by atoms with Gasteiger partial charge in [0.1, 0.15) is 11.5 Å². The van der Waals surface area contributed by atoms with Gasteiger partial charge >= 0.3 is 0 Å². The summed E-state index contributed by atoms with van der Waals surface area (Å²) >= 11 is 0. The number of hydrogen-bond donors (Lipinski definition) is 0. The van der Waals surface area contributed by atoms with Gasteiger partial charge in [-0.15, -0.1) is 0 Å². The quantitative estimate of drug-likeness (QED) is 0.200. The van der Waals surface area contributed by atoms with E-state index in [9.17, 15) is 0 Å². The maximum atomic E-state index is 5.14. The first-order chi connectivity index (χ1) is 22.7. The van der Waals surface area contributed by atoms with Crippen molar-refractivity contribution in [2.75, 3.05) is 0 Å². The number of fused-ring (bicyclic) bond motifs is 7. The fourth-order valence-corrected chi connectivity index (χ4v) is 6.89. The zero-order valence-electron chi connectivity index (χ0n) is 25.1. The van der Waals surface area contributed by atoms with Crippen molar-refractivity contribution in [1.29, 1.82) is 0 Å². The molecule has 9 rings (SSSR count). The van der Waals surface area contributed by atoms with E-state index in [1.165, 1.54) is 10.8 Å². The number of nitrogens with zero attached hydrogens (tertiary/aromatic N) is 4. The molecular formula is C42H28N4. The summed E-state index contributed by atoms with van der Waals surface area (Å²) in [5.41, 5.74) is 11.5. The molecule has 0 amide bonds. The van der Waals surface area contributed by atoms with E-state index in [4.69, 9.17) is 9.97 Å². The molecule has 4 heteroatoms. The van der Waals surface area contributed by atoms with Crippen molar-refractivity contribution < 1.29 is 0 Å². The van der Waals surface area contributed by atoms with E-state index >= 15 is 0 Å². The molecule has 4 nitrogen and oxygen atoms in total. The van der Waals surface area contributed by atoms with Crippen molar-refractivity contribution in [2.24, 2.45) is 0 Å². The first kappa shape index (κ1) is 26.2. The minimum Gasteiger partial charge on any atom is -0.292 e. The molecule has 0 bridgehead atoms. The lowest BCUT2D eigenvalue weighted by Crippen LogP contribution is -1.97. The van der Waals surface area contributed by atoms with Crippen LogP contribution in [0, 0.1) is 0 Å². The van der Waals surface area contributed by atoms with Crippen LogP contribution < -0.4 is 0 Å². The number of imidazole rings is 2. The molecule has 0 aliphatic carbocycles. The molecule has 0 saturated heterocycles. The molecular weight excluding hydrogens is 560 g/mol. The summed E-state index contributed by atoms with van der Waals surface area (Å²) in [5, 5.41) is 4.57. The topological polar surface area (TPSA) is 35.1 Å². The largest absolute Gasteiger partial charge is 0.292 e. The summed E-state index contributed by atoms with van der Waals surface area (Å²) in [5.74, 6) is 0.932. The first-order valence-electron chi connectivity index (χ1n) is 15.4. The Kier molecular flexibility index (Phi) is 5.77. The lowest BCUT2D eigenvalue weighted by atomic mass is 9.99. The predicted octanol–water partition coefficient (Wildman–Crippen LogP) is 10.8. The zero-order valence-corrected chi connectivity index (χ0v) is 25.1. The van der Waals surface area contributed by atoms with Gasteiger partial charge in [0.15, 0.2) is 0 Å². The highest BCUT2D eigenvalue weighted by Crippen LogP contribution is 2.35. The molecule has 0 atom stereocenters. The zero-order chi connectivity index (χ0) is 30.8. The third-order valence-electron chi connectivity index (χ3n) is 9.03. The average Bonchev–Trinajstić information content (AvgIpc) is 3.70. The van der Waals surface area contributed by atoms with Gasteiger partial charge in [-0.3, -0.25) is 8.97 Å². The number of aromatic nitrogens is 4. The second kappa shape index (κ2) is 10.1. The van der Waals surface area contributed by atoms with E-state index in [0.717, 1.165) is 77.9 Å². The van der Waals surface area contributed by atoms with E-state index in [2.05, 4.69) is 143 Å². The van der Waals surface area contributed by atoms with Crippen LogP contribution in [-0.2, 0) is 0 Å². The minimum absolute atomic E-state index is 0.927. The molecule has 46 heavy (non-hydrogen) atoms. The molecule has 3 heterocycles. The molecule has 0 spiro atoms. The highest BCUT2D eigenvalue weighted by Gasteiger charge is 2.17. The van der Waals surface area contributed by atoms with Gasteiger partial charge in [0.05, 0.1) is 27.8 Å². The molecule has 6 aromatic carbocycles. The fraction of sp³-hybridized carbons (Fsp3) is 0. The lowest BCUT2D eigenvalue weighted by molar-refractivity contribution is 1.10. The number of rotatable bonds is 5. The van der Waals surface area contributed by atoms with Crippen LogP contribution in [-0.4, -0.2) is 18.9 Å². The molecule has 216 valence electrons. The number of hydrogen-bond acceptors (Lipinski definition) is 2. The molecule has 0 N–H and O–H groups in total. The molecule has 0 unspecified atom stereocenters. The maximum absolute atomic E-state index is 5.14. The molecule has 0 radical (unpaired) electrons. The molecule has 9 aromatic rings. The summed E-state index contributed by atoms with van der Waals surface area (Å²) in [7, 11) is 0. The molecule has 0 aliphatic heterocycles. The summed E-state index contributed by atoms with van der Waals surface area (Å²) in [6.45, 7) is 8.24. The van der Waals surface area contributed by atoms with Crippen molar-refractivity contribution in [3.05, 3.63) is 158 Å². The highest BCUT2D eigenvalue weighted by atomic mass is 15.1.